The van der Waals surface area contributed by atoms with Gasteiger partial charge in [0.1, 0.15) is 12.5 Å². The highest BCUT2D eigenvalue weighted by atomic mass is 35.5. The van der Waals surface area contributed by atoms with Gasteiger partial charge in [-0.1, -0.05) is 17.7 Å². The topological polar surface area (TPSA) is 86.7 Å². The Morgan fingerprint density at radius 2 is 2.17 bits per heavy atom. The summed E-state index contributed by atoms with van der Waals surface area (Å²) in [4.78, 5) is 36.4. The van der Waals surface area contributed by atoms with Crippen LogP contribution in [0.2, 0.25) is 5.02 Å². The monoisotopic (exact) mass is 360 g/mol. The van der Waals surface area contributed by atoms with Gasteiger partial charge in [0.2, 0.25) is 11.8 Å². The molecule has 1 fully saturated rings. The molecule has 9 heteroatoms. The highest BCUT2D eigenvalue weighted by Crippen LogP contribution is 2.38. The van der Waals surface area contributed by atoms with Crippen LogP contribution in [0.15, 0.2) is 18.2 Å². The van der Waals surface area contributed by atoms with Crippen molar-refractivity contribution >= 4 is 29.4 Å². The Balaban J connectivity index is 2.29. The predicted octanol–water partition coefficient (Wildman–Crippen LogP) is 1.54. The molecule has 1 saturated heterocycles. The second kappa shape index (κ2) is 7.12. The summed E-state index contributed by atoms with van der Waals surface area (Å²) in [7, 11) is 1.45. The summed E-state index contributed by atoms with van der Waals surface area (Å²) in [5.74, 6) is -4.32. The number of nitrogens with one attached hydrogen (secondary N) is 1. The lowest BCUT2D eigenvalue weighted by Crippen LogP contribution is -2.46. The minimum atomic E-state index is -1.69. The van der Waals surface area contributed by atoms with Crippen LogP contribution in [-0.2, 0) is 14.4 Å². The third-order valence-electron chi connectivity index (χ3n) is 3.98. The zero-order chi connectivity index (χ0) is 18.0. The van der Waals surface area contributed by atoms with Gasteiger partial charge in [0.15, 0.2) is 6.04 Å². The van der Waals surface area contributed by atoms with E-state index in [-0.39, 0.29) is 17.4 Å². The minimum Gasteiger partial charge on any atom is -0.480 e. The average Bonchev–Trinajstić information content (AvgIpc) is 2.83. The highest BCUT2D eigenvalue weighted by molar-refractivity contribution is 6.30. The number of benzene rings is 1. The lowest BCUT2D eigenvalue weighted by Gasteiger charge is -2.25. The van der Waals surface area contributed by atoms with Crippen molar-refractivity contribution in [1.29, 1.82) is 0 Å². The van der Waals surface area contributed by atoms with Crippen molar-refractivity contribution in [2.24, 2.45) is 5.92 Å². The highest BCUT2D eigenvalue weighted by Gasteiger charge is 2.43. The number of hydrogen-bond donors (Lipinski definition) is 2. The number of carboxylic acids is 1. The van der Waals surface area contributed by atoms with Crippen molar-refractivity contribution < 1.29 is 28.3 Å². The lowest BCUT2D eigenvalue weighted by atomic mass is 9.92. The normalized spacial score (nSPS) is 21.7. The Morgan fingerprint density at radius 1 is 1.50 bits per heavy atom. The molecule has 130 valence electrons. The molecule has 0 aromatic heterocycles. The summed E-state index contributed by atoms with van der Waals surface area (Å²) in [6.45, 7) is -1.28. The van der Waals surface area contributed by atoms with Crippen LogP contribution in [0.1, 0.15) is 18.0 Å². The van der Waals surface area contributed by atoms with Crippen LogP contribution in [0.3, 0.4) is 0 Å². The summed E-state index contributed by atoms with van der Waals surface area (Å²) >= 11 is 5.63. The van der Waals surface area contributed by atoms with E-state index in [1.54, 1.807) is 0 Å². The fraction of sp³-hybridized carbons (Fsp3) is 0.400. The Bertz CT molecular complexity index is 685. The standard InChI is InChI=1S/C15H15ClF2N2O4/c1-20-12(21)5-8(14(22)19-11(6-17)15(23)24)13(20)7-2-3-9(16)10(18)4-7/h2-4,8,11,13H,5-6H2,1H3,(H,19,22)(H,23,24). The van der Waals surface area contributed by atoms with Gasteiger partial charge in [-0.15, -0.1) is 0 Å². The molecule has 0 bridgehead atoms. The van der Waals surface area contributed by atoms with Crippen LogP contribution in [0, 0.1) is 11.7 Å². The number of amides is 2. The summed E-state index contributed by atoms with van der Waals surface area (Å²) in [5, 5.41) is 10.8. The average molecular weight is 361 g/mol. The number of rotatable bonds is 5. The van der Waals surface area contributed by atoms with Crippen LogP contribution >= 0.6 is 11.6 Å². The first-order chi connectivity index (χ1) is 11.3. The Hall–Kier alpha value is -2.22. The third-order valence-corrected chi connectivity index (χ3v) is 4.28. The van der Waals surface area contributed by atoms with E-state index in [0.717, 1.165) is 6.07 Å². The van der Waals surface area contributed by atoms with Crippen molar-refractivity contribution in [3.63, 3.8) is 0 Å². The minimum absolute atomic E-state index is 0.102. The molecule has 1 heterocycles. The first-order valence-corrected chi connectivity index (χ1v) is 7.43. The van der Waals surface area contributed by atoms with Gasteiger partial charge in [0.25, 0.3) is 0 Å². The van der Waals surface area contributed by atoms with E-state index in [4.69, 9.17) is 16.7 Å². The number of halogens is 3. The number of nitrogens with zero attached hydrogens (tertiary/aromatic N) is 1. The molecule has 6 nitrogen and oxygen atoms in total. The van der Waals surface area contributed by atoms with Crippen molar-refractivity contribution in [2.75, 3.05) is 13.7 Å². The van der Waals surface area contributed by atoms with Crippen molar-refractivity contribution in [3.05, 3.63) is 34.6 Å². The molecule has 1 aliphatic heterocycles. The van der Waals surface area contributed by atoms with E-state index in [1.807, 2.05) is 0 Å². The van der Waals surface area contributed by atoms with Crippen molar-refractivity contribution in [3.8, 4) is 0 Å². The maximum atomic E-state index is 13.7. The fourth-order valence-corrected chi connectivity index (χ4v) is 2.82. The van der Waals surface area contributed by atoms with E-state index in [9.17, 15) is 23.2 Å². The molecule has 0 aliphatic carbocycles. The number of carboxylic acid groups (broad SMARTS) is 1. The largest absolute Gasteiger partial charge is 0.480 e. The van der Waals surface area contributed by atoms with Crippen LogP contribution in [0.25, 0.3) is 0 Å². The second-order valence-electron chi connectivity index (χ2n) is 5.49. The first-order valence-electron chi connectivity index (χ1n) is 7.06. The fourth-order valence-electron chi connectivity index (χ4n) is 2.70. The maximum Gasteiger partial charge on any atom is 0.328 e. The van der Waals surface area contributed by atoms with Gasteiger partial charge < -0.3 is 15.3 Å². The number of aliphatic carboxylic acids is 1. The molecule has 0 radical (unpaired) electrons. The van der Waals surface area contributed by atoms with Gasteiger partial charge in [-0.2, -0.15) is 0 Å². The molecule has 1 aromatic rings. The van der Waals surface area contributed by atoms with Crippen molar-refractivity contribution in [2.45, 2.75) is 18.5 Å². The Morgan fingerprint density at radius 3 is 2.71 bits per heavy atom. The van der Waals surface area contributed by atoms with E-state index in [1.165, 1.54) is 24.1 Å². The van der Waals surface area contributed by atoms with Gasteiger partial charge in [-0.05, 0) is 17.7 Å². The number of carbonyl (C=O) groups is 3. The van der Waals surface area contributed by atoms with Gasteiger partial charge >= 0.3 is 5.97 Å². The number of hydrogen-bond acceptors (Lipinski definition) is 3. The molecule has 2 amide bonds. The van der Waals surface area contributed by atoms with Gasteiger partial charge in [-0.25, -0.2) is 13.6 Å². The van der Waals surface area contributed by atoms with E-state index >= 15 is 0 Å². The number of alkyl halides is 1. The first kappa shape index (κ1) is 18.1. The van der Waals surface area contributed by atoms with Gasteiger partial charge in [0, 0.05) is 13.5 Å². The molecule has 1 aromatic carbocycles. The summed E-state index contributed by atoms with van der Waals surface area (Å²) in [5.41, 5.74) is 0.345. The van der Waals surface area contributed by atoms with E-state index in [0.29, 0.717) is 5.56 Å². The Kier molecular flexibility index (Phi) is 5.38. The number of carbonyl (C=O) groups excluding carboxylic acids is 2. The SMILES string of the molecule is CN1C(=O)CC(C(=O)NC(CF)C(=O)O)C1c1ccc(Cl)c(F)c1. The van der Waals surface area contributed by atoms with Gasteiger partial charge in [0.05, 0.1) is 17.0 Å². The number of likely N-dealkylation sites (tertiary alicyclic amines) is 1. The lowest BCUT2D eigenvalue weighted by molar-refractivity contribution is -0.143. The summed E-state index contributed by atoms with van der Waals surface area (Å²) in [6, 6.07) is 1.42. The third kappa shape index (κ3) is 3.48. The smallest absolute Gasteiger partial charge is 0.328 e. The van der Waals surface area contributed by atoms with Crippen LogP contribution in [-0.4, -0.2) is 47.6 Å². The molecule has 0 spiro atoms. The van der Waals surface area contributed by atoms with E-state index < -0.39 is 42.4 Å². The van der Waals surface area contributed by atoms with Gasteiger partial charge in [-0.3, -0.25) is 9.59 Å². The molecule has 2 rings (SSSR count). The van der Waals surface area contributed by atoms with Crippen molar-refractivity contribution in [1.82, 2.24) is 10.2 Å². The molecule has 3 atom stereocenters. The molecule has 24 heavy (non-hydrogen) atoms. The molecular formula is C15H15ClF2N2O4. The molecule has 3 unspecified atom stereocenters. The molecular weight excluding hydrogens is 346 g/mol. The molecule has 2 N–H and O–H groups in total. The zero-order valence-electron chi connectivity index (χ0n) is 12.6. The van der Waals surface area contributed by atoms with E-state index in [2.05, 4.69) is 5.32 Å². The molecule has 0 saturated carbocycles. The second-order valence-corrected chi connectivity index (χ2v) is 5.89. The predicted molar refractivity (Wildman–Crippen MR) is 80.6 cm³/mol. The van der Waals surface area contributed by atoms with Crippen LogP contribution in [0.5, 0.6) is 0 Å². The summed E-state index contributed by atoms with van der Waals surface area (Å²) in [6.07, 6.45) is -0.185. The zero-order valence-corrected chi connectivity index (χ0v) is 13.4. The Labute approximate surface area is 141 Å². The maximum absolute atomic E-state index is 13.7. The van der Waals surface area contributed by atoms with Crippen LogP contribution in [0.4, 0.5) is 8.78 Å². The quantitative estimate of drug-likeness (QED) is 0.834. The van der Waals surface area contributed by atoms with Crippen LogP contribution < -0.4 is 5.32 Å². The molecule has 1 aliphatic rings. The summed E-state index contributed by atoms with van der Waals surface area (Å²) < 4.78 is 26.4.